The van der Waals surface area contributed by atoms with Gasteiger partial charge in [0.1, 0.15) is 11.5 Å². The predicted octanol–water partition coefficient (Wildman–Crippen LogP) is 6.99. The first-order valence-electron chi connectivity index (χ1n) is 10.8. The average Bonchev–Trinajstić information content (AvgIpc) is 2.72. The third-order valence-corrected chi connectivity index (χ3v) is 4.81. The molecule has 0 aromatic heterocycles. The predicted molar refractivity (Wildman–Crippen MR) is 115 cm³/mol. The zero-order chi connectivity index (χ0) is 20.0. The lowest BCUT2D eigenvalue weighted by Crippen LogP contribution is -2.08. The minimum atomic E-state index is -0.328. The zero-order valence-corrected chi connectivity index (χ0v) is 17.4. The van der Waals surface area contributed by atoms with Crippen LogP contribution in [-0.4, -0.2) is 12.6 Å². The summed E-state index contributed by atoms with van der Waals surface area (Å²) in [6.07, 6.45) is 10.9. The van der Waals surface area contributed by atoms with Gasteiger partial charge < -0.3 is 9.47 Å². The van der Waals surface area contributed by atoms with Crippen LogP contribution in [-0.2, 0) is 6.42 Å². The molecular formula is C25H34O3. The molecule has 0 unspecified atom stereocenters. The summed E-state index contributed by atoms with van der Waals surface area (Å²) in [5.74, 6) is 1.01. The number of rotatable bonds is 13. The number of hydrogen-bond donors (Lipinski definition) is 0. The van der Waals surface area contributed by atoms with Crippen LogP contribution in [0.5, 0.6) is 11.5 Å². The minimum Gasteiger partial charge on any atom is -0.494 e. The van der Waals surface area contributed by atoms with E-state index in [-0.39, 0.29) is 5.97 Å². The van der Waals surface area contributed by atoms with E-state index in [1.807, 2.05) is 36.4 Å². The number of benzene rings is 2. The zero-order valence-electron chi connectivity index (χ0n) is 17.4. The van der Waals surface area contributed by atoms with Gasteiger partial charge in [-0.2, -0.15) is 0 Å². The second-order valence-electron chi connectivity index (χ2n) is 7.28. The number of carbonyl (C=O) groups is 1. The highest BCUT2D eigenvalue weighted by Crippen LogP contribution is 2.19. The van der Waals surface area contributed by atoms with Crippen LogP contribution >= 0.6 is 0 Å². The highest BCUT2D eigenvalue weighted by Gasteiger charge is 2.09. The summed E-state index contributed by atoms with van der Waals surface area (Å²) >= 11 is 0. The van der Waals surface area contributed by atoms with E-state index in [0.717, 1.165) is 25.2 Å². The molecule has 152 valence electrons. The van der Waals surface area contributed by atoms with Crippen molar-refractivity contribution in [2.75, 3.05) is 6.61 Å². The molecule has 0 atom stereocenters. The Hall–Kier alpha value is -2.29. The molecular weight excluding hydrogens is 348 g/mol. The summed E-state index contributed by atoms with van der Waals surface area (Å²) in [7, 11) is 0. The molecule has 0 bridgehead atoms. The molecule has 3 nitrogen and oxygen atoms in total. The maximum absolute atomic E-state index is 12.3. The van der Waals surface area contributed by atoms with Crippen LogP contribution in [0.1, 0.15) is 81.1 Å². The summed E-state index contributed by atoms with van der Waals surface area (Å²) in [5, 5.41) is 0. The smallest absolute Gasteiger partial charge is 0.343 e. The van der Waals surface area contributed by atoms with Gasteiger partial charge in [0.25, 0.3) is 0 Å². The standard InChI is InChI=1S/C25H34O3/c1-3-5-7-8-9-11-21-12-14-22(15-13-21)25(26)28-24-18-16-23(17-19-24)27-20-10-6-4-2/h12-19H,3-11,20H2,1-2H3. The highest BCUT2D eigenvalue weighted by atomic mass is 16.5. The third-order valence-electron chi connectivity index (χ3n) is 4.81. The normalized spacial score (nSPS) is 10.6. The van der Waals surface area contributed by atoms with Crippen molar-refractivity contribution in [2.24, 2.45) is 0 Å². The van der Waals surface area contributed by atoms with Crippen LogP contribution in [0, 0.1) is 0 Å². The lowest BCUT2D eigenvalue weighted by Gasteiger charge is -2.08. The lowest BCUT2D eigenvalue weighted by molar-refractivity contribution is 0.0734. The van der Waals surface area contributed by atoms with Crippen LogP contribution in [0.25, 0.3) is 0 Å². The molecule has 0 radical (unpaired) electrons. The molecule has 2 aromatic rings. The van der Waals surface area contributed by atoms with Gasteiger partial charge in [-0.05, 0) is 61.2 Å². The Kier molecular flexibility index (Phi) is 10.2. The molecule has 2 rings (SSSR count). The number of ether oxygens (including phenoxy) is 2. The Balaban J connectivity index is 1.77. The Morgan fingerprint density at radius 1 is 0.714 bits per heavy atom. The fourth-order valence-corrected chi connectivity index (χ4v) is 3.05. The van der Waals surface area contributed by atoms with Crippen molar-refractivity contribution in [3.05, 3.63) is 59.7 Å². The second kappa shape index (κ2) is 13.0. The van der Waals surface area contributed by atoms with E-state index in [1.54, 1.807) is 12.1 Å². The summed E-state index contributed by atoms with van der Waals surface area (Å²) in [6.45, 7) is 5.12. The molecule has 0 N–H and O–H groups in total. The number of hydrogen-bond acceptors (Lipinski definition) is 3. The topological polar surface area (TPSA) is 35.5 Å². The SMILES string of the molecule is CCCCCCCc1ccc(C(=O)Oc2ccc(OCCCCC)cc2)cc1. The quantitative estimate of drug-likeness (QED) is 0.213. The van der Waals surface area contributed by atoms with Crippen LogP contribution < -0.4 is 9.47 Å². The molecule has 0 saturated carbocycles. The Morgan fingerprint density at radius 2 is 1.32 bits per heavy atom. The van der Waals surface area contributed by atoms with Crippen LogP contribution in [0.2, 0.25) is 0 Å². The maximum Gasteiger partial charge on any atom is 0.343 e. The van der Waals surface area contributed by atoms with Gasteiger partial charge in [-0.3, -0.25) is 0 Å². The summed E-state index contributed by atoms with van der Waals surface area (Å²) in [4.78, 5) is 12.3. The molecule has 0 aliphatic rings. The molecule has 0 aliphatic carbocycles. The lowest BCUT2D eigenvalue weighted by atomic mass is 10.0. The second-order valence-corrected chi connectivity index (χ2v) is 7.28. The largest absolute Gasteiger partial charge is 0.494 e. The van der Waals surface area contributed by atoms with Gasteiger partial charge in [0.2, 0.25) is 0 Å². The van der Waals surface area contributed by atoms with Crippen molar-refractivity contribution >= 4 is 5.97 Å². The summed E-state index contributed by atoms with van der Waals surface area (Å²) < 4.78 is 11.1. The van der Waals surface area contributed by atoms with Crippen LogP contribution in [0.3, 0.4) is 0 Å². The Bertz CT molecular complexity index is 674. The molecule has 2 aromatic carbocycles. The number of esters is 1. The van der Waals surface area contributed by atoms with E-state index in [0.29, 0.717) is 11.3 Å². The van der Waals surface area contributed by atoms with Gasteiger partial charge >= 0.3 is 5.97 Å². The fraction of sp³-hybridized carbons (Fsp3) is 0.480. The number of unbranched alkanes of at least 4 members (excludes halogenated alkanes) is 6. The van der Waals surface area contributed by atoms with Crippen molar-refractivity contribution < 1.29 is 14.3 Å². The molecule has 0 aliphatic heterocycles. The van der Waals surface area contributed by atoms with Crippen molar-refractivity contribution in [1.82, 2.24) is 0 Å². The molecule has 3 heteroatoms. The average molecular weight is 383 g/mol. The minimum absolute atomic E-state index is 0.328. The van der Waals surface area contributed by atoms with Crippen LogP contribution in [0.4, 0.5) is 0 Å². The van der Waals surface area contributed by atoms with E-state index < -0.39 is 0 Å². The van der Waals surface area contributed by atoms with Crippen molar-refractivity contribution in [1.29, 1.82) is 0 Å². The monoisotopic (exact) mass is 382 g/mol. The Morgan fingerprint density at radius 3 is 2.00 bits per heavy atom. The maximum atomic E-state index is 12.3. The molecule has 0 fully saturated rings. The van der Waals surface area contributed by atoms with E-state index >= 15 is 0 Å². The van der Waals surface area contributed by atoms with Crippen LogP contribution in [0.15, 0.2) is 48.5 Å². The van der Waals surface area contributed by atoms with Gasteiger partial charge in [0.05, 0.1) is 12.2 Å². The fourth-order valence-electron chi connectivity index (χ4n) is 3.05. The molecule has 0 saturated heterocycles. The van der Waals surface area contributed by atoms with E-state index in [1.165, 1.54) is 50.5 Å². The molecule has 28 heavy (non-hydrogen) atoms. The number of carbonyl (C=O) groups excluding carboxylic acids is 1. The summed E-state index contributed by atoms with van der Waals surface area (Å²) in [5.41, 5.74) is 1.85. The van der Waals surface area contributed by atoms with Crippen molar-refractivity contribution in [3.63, 3.8) is 0 Å². The van der Waals surface area contributed by atoms with E-state index in [2.05, 4.69) is 13.8 Å². The first-order chi connectivity index (χ1) is 13.7. The van der Waals surface area contributed by atoms with Gasteiger partial charge in [0, 0.05) is 0 Å². The van der Waals surface area contributed by atoms with Gasteiger partial charge in [-0.15, -0.1) is 0 Å². The summed E-state index contributed by atoms with van der Waals surface area (Å²) in [6, 6.07) is 15.0. The first-order valence-corrected chi connectivity index (χ1v) is 10.8. The molecule has 0 spiro atoms. The van der Waals surface area contributed by atoms with Crippen molar-refractivity contribution in [3.8, 4) is 11.5 Å². The highest BCUT2D eigenvalue weighted by molar-refractivity contribution is 5.91. The number of aryl methyl sites for hydroxylation is 1. The Labute approximate surface area is 170 Å². The van der Waals surface area contributed by atoms with Crippen molar-refractivity contribution in [2.45, 2.75) is 71.6 Å². The van der Waals surface area contributed by atoms with Gasteiger partial charge in [0.15, 0.2) is 0 Å². The molecule has 0 amide bonds. The molecule has 0 heterocycles. The van der Waals surface area contributed by atoms with Gasteiger partial charge in [-0.25, -0.2) is 4.79 Å². The van der Waals surface area contributed by atoms with Gasteiger partial charge in [-0.1, -0.05) is 64.5 Å². The van der Waals surface area contributed by atoms with E-state index in [9.17, 15) is 4.79 Å². The van der Waals surface area contributed by atoms with E-state index in [4.69, 9.17) is 9.47 Å². The first kappa shape index (κ1) is 22.0. The third kappa shape index (κ3) is 8.16.